The lowest BCUT2D eigenvalue weighted by atomic mass is 10.0. The molecular formula is C16H24N2O. The van der Waals surface area contributed by atoms with Crippen LogP contribution in [0.15, 0.2) is 18.2 Å². The monoisotopic (exact) mass is 260 g/mol. The first-order valence-electron chi connectivity index (χ1n) is 7.07. The van der Waals surface area contributed by atoms with Gasteiger partial charge < -0.3 is 9.80 Å². The van der Waals surface area contributed by atoms with Crippen LogP contribution >= 0.6 is 0 Å². The predicted octanol–water partition coefficient (Wildman–Crippen LogP) is 2.12. The van der Waals surface area contributed by atoms with Crippen LogP contribution in [0.2, 0.25) is 0 Å². The lowest BCUT2D eigenvalue weighted by molar-refractivity contribution is 0.0941. The van der Waals surface area contributed by atoms with E-state index in [0.717, 1.165) is 43.9 Å². The largest absolute Gasteiger partial charge is 0.304 e. The fraction of sp³-hybridized carbons (Fsp3) is 0.562. The summed E-state index contributed by atoms with van der Waals surface area (Å²) in [4.78, 5) is 17.0. The molecule has 104 valence electrons. The van der Waals surface area contributed by atoms with Gasteiger partial charge in [0.1, 0.15) is 0 Å². The Morgan fingerprint density at radius 3 is 2.47 bits per heavy atom. The minimum atomic E-state index is 0.274. The van der Waals surface area contributed by atoms with E-state index in [0.29, 0.717) is 6.42 Å². The van der Waals surface area contributed by atoms with E-state index in [9.17, 15) is 4.79 Å². The highest BCUT2D eigenvalue weighted by atomic mass is 16.1. The van der Waals surface area contributed by atoms with Gasteiger partial charge in [0.05, 0.1) is 0 Å². The topological polar surface area (TPSA) is 23.6 Å². The zero-order chi connectivity index (χ0) is 13.8. The maximum atomic E-state index is 12.2. The number of benzene rings is 1. The standard InChI is InChI=1S/C16H24N2O/c1-13-4-5-15(14(2)12-13)16(19)6-7-18-10-8-17(3)9-11-18/h4-5,12H,6-11H2,1-3H3. The molecule has 0 unspecified atom stereocenters. The van der Waals surface area contributed by atoms with Crippen molar-refractivity contribution in [3.05, 3.63) is 34.9 Å². The Morgan fingerprint density at radius 1 is 1.16 bits per heavy atom. The highest BCUT2D eigenvalue weighted by Crippen LogP contribution is 2.13. The number of Topliss-reactive ketones (excluding diaryl/α,β-unsaturated/α-hetero) is 1. The van der Waals surface area contributed by atoms with Crippen molar-refractivity contribution in [3.63, 3.8) is 0 Å². The fourth-order valence-electron chi connectivity index (χ4n) is 2.59. The smallest absolute Gasteiger partial charge is 0.164 e. The third-order valence-corrected chi connectivity index (χ3v) is 3.93. The summed E-state index contributed by atoms with van der Waals surface area (Å²) in [7, 11) is 2.15. The molecule has 3 heteroatoms. The average Bonchev–Trinajstić information content (AvgIpc) is 2.37. The molecule has 0 aromatic heterocycles. The van der Waals surface area contributed by atoms with E-state index in [1.165, 1.54) is 5.56 Å². The second-order valence-electron chi connectivity index (χ2n) is 5.64. The van der Waals surface area contributed by atoms with Gasteiger partial charge in [-0.3, -0.25) is 4.79 Å². The fourth-order valence-corrected chi connectivity index (χ4v) is 2.59. The third kappa shape index (κ3) is 3.88. The van der Waals surface area contributed by atoms with E-state index in [2.05, 4.69) is 29.8 Å². The lowest BCUT2D eigenvalue weighted by Crippen LogP contribution is -2.45. The Hall–Kier alpha value is -1.19. The summed E-state index contributed by atoms with van der Waals surface area (Å²) in [6, 6.07) is 6.08. The van der Waals surface area contributed by atoms with Crippen LogP contribution in [0.3, 0.4) is 0 Å². The highest BCUT2D eigenvalue weighted by molar-refractivity contribution is 5.97. The number of ketones is 1. The van der Waals surface area contributed by atoms with Gasteiger partial charge in [0.2, 0.25) is 0 Å². The number of rotatable bonds is 4. The Labute approximate surface area is 116 Å². The summed E-state index contributed by atoms with van der Waals surface area (Å²) < 4.78 is 0. The summed E-state index contributed by atoms with van der Waals surface area (Å²) >= 11 is 0. The molecule has 1 fully saturated rings. The van der Waals surface area contributed by atoms with Crippen LogP contribution in [0.4, 0.5) is 0 Å². The number of piperazine rings is 1. The molecule has 1 saturated heterocycles. The molecule has 0 N–H and O–H groups in total. The molecule has 19 heavy (non-hydrogen) atoms. The van der Waals surface area contributed by atoms with E-state index in [1.807, 2.05) is 19.1 Å². The van der Waals surface area contributed by atoms with Crippen LogP contribution in [0, 0.1) is 13.8 Å². The van der Waals surface area contributed by atoms with Crippen molar-refractivity contribution in [1.29, 1.82) is 0 Å². The number of aryl methyl sites for hydroxylation is 2. The Kier molecular flexibility index (Phi) is 4.72. The van der Waals surface area contributed by atoms with Crippen molar-refractivity contribution < 1.29 is 4.79 Å². The molecule has 0 amide bonds. The van der Waals surface area contributed by atoms with Gasteiger partial charge >= 0.3 is 0 Å². The normalized spacial score (nSPS) is 17.6. The van der Waals surface area contributed by atoms with Crippen molar-refractivity contribution in [2.75, 3.05) is 39.8 Å². The molecule has 3 nitrogen and oxygen atoms in total. The molecule has 2 rings (SSSR count). The van der Waals surface area contributed by atoms with Gasteiger partial charge in [-0.25, -0.2) is 0 Å². The number of hydrogen-bond donors (Lipinski definition) is 0. The van der Waals surface area contributed by atoms with Crippen LogP contribution in [-0.2, 0) is 0 Å². The summed E-state index contributed by atoms with van der Waals surface area (Å²) in [6.45, 7) is 9.35. The van der Waals surface area contributed by atoms with Gasteiger partial charge in [0.15, 0.2) is 5.78 Å². The van der Waals surface area contributed by atoms with Crippen LogP contribution in [0.1, 0.15) is 27.9 Å². The molecular weight excluding hydrogens is 236 g/mol. The minimum absolute atomic E-state index is 0.274. The molecule has 1 aliphatic heterocycles. The predicted molar refractivity (Wildman–Crippen MR) is 78.8 cm³/mol. The van der Waals surface area contributed by atoms with Crippen LogP contribution in [-0.4, -0.2) is 55.4 Å². The molecule has 1 aromatic rings. The lowest BCUT2D eigenvalue weighted by Gasteiger charge is -2.32. The molecule has 0 aliphatic carbocycles. The molecule has 1 aliphatic rings. The zero-order valence-electron chi connectivity index (χ0n) is 12.3. The van der Waals surface area contributed by atoms with Gasteiger partial charge in [0.25, 0.3) is 0 Å². The number of hydrogen-bond acceptors (Lipinski definition) is 3. The van der Waals surface area contributed by atoms with E-state index in [4.69, 9.17) is 0 Å². The first-order chi connectivity index (χ1) is 9.06. The van der Waals surface area contributed by atoms with Crippen LogP contribution in [0.5, 0.6) is 0 Å². The van der Waals surface area contributed by atoms with Crippen molar-refractivity contribution in [2.45, 2.75) is 20.3 Å². The number of carbonyl (C=O) groups is 1. The molecule has 0 bridgehead atoms. The molecule has 0 atom stereocenters. The second kappa shape index (κ2) is 6.31. The van der Waals surface area contributed by atoms with Gasteiger partial charge in [-0.1, -0.05) is 23.8 Å². The molecule has 0 radical (unpaired) electrons. The van der Waals surface area contributed by atoms with Gasteiger partial charge in [-0.2, -0.15) is 0 Å². The second-order valence-corrected chi connectivity index (χ2v) is 5.64. The Bertz CT molecular complexity index is 448. The van der Waals surface area contributed by atoms with Crippen molar-refractivity contribution in [1.82, 2.24) is 9.80 Å². The Balaban J connectivity index is 1.87. The zero-order valence-corrected chi connectivity index (χ0v) is 12.3. The van der Waals surface area contributed by atoms with Gasteiger partial charge in [-0.05, 0) is 26.5 Å². The molecule has 0 saturated carbocycles. The Morgan fingerprint density at radius 2 is 1.84 bits per heavy atom. The van der Waals surface area contributed by atoms with Crippen molar-refractivity contribution in [2.24, 2.45) is 0 Å². The van der Waals surface area contributed by atoms with Crippen LogP contribution < -0.4 is 0 Å². The number of nitrogens with zero attached hydrogens (tertiary/aromatic N) is 2. The van der Waals surface area contributed by atoms with E-state index in [1.54, 1.807) is 0 Å². The maximum absolute atomic E-state index is 12.2. The first-order valence-corrected chi connectivity index (χ1v) is 7.07. The summed E-state index contributed by atoms with van der Waals surface area (Å²) in [6.07, 6.45) is 0.633. The van der Waals surface area contributed by atoms with Crippen LogP contribution in [0.25, 0.3) is 0 Å². The first kappa shape index (κ1) is 14.2. The summed E-state index contributed by atoms with van der Waals surface area (Å²) in [5.41, 5.74) is 3.20. The molecule has 1 heterocycles. The van der Waals surface area contributed by atoms with Crippen molar-refractivity contribution >= 4 is 5.78 Å². The maximum Gasteiger partial charge on any atom is 0.164 e. The minimum Gasteiger partial charge on any atom is -0.304 e. The highest BCUT2D eigenvalue weighted by Gasteiger charge is 2.16. The van der Waals surface area contributed by atoms with E-state index >= 15 is 0 Å². The van der Waals surface area contributed by atoms with Gasteiger partial charge in [0, 0.05) is 44.7 Å². The third-order valence-electron chi connectivity index (χ3n) is 3.93. The average molecular weight is 260 g/mol. The molecule has 1 aromatic carbocycles. The SMILES string of the molecule is Cc1ccc(C(=O)CCN2CCN(C)CC2)c(C)c1. The molecule has 0 spiro atoms. The van der Waals surface area contributed by atoms with E-state index in [-0.39, 0.29) is 5.78 Å². The number of carbonyl (C=O) groups excluding carboxylic acids is 1. The quantitative estimate of drug-likeness (QED) is 0.775. The number of likely N-dealkylation sites (N-methyl/N-ethyl adjacent to an activating group) is 1. The van der Waals surface area contributed by atoms with Crippen molar-refractivity contribution in [3.8, 4) is 0 Å². The summed E-state index contributed by atoms with van der Waals surface area (Å²) in [5.74, 6) is 0.274. The summed E-state index contributed by atoms with van der Waals surface area (Å²) in [5, 5.41) is 0. The van der Waals surface area contributed by atoms with E-state index < -0.39 is 0 Å². The van der Waals surface area contributed by atoms with Gasteiger partial charge in [-0.15, -0.1) is 0 Å².